The summed E-state index contributed by atoms with van der Waals surface area (Å²) in [5.74, 6) is 0.195. The molecule has 2 heterocycles. The van der Waals surface area contributed by atoms with Gasteiger partial charge in [-0.25, -0.2) is 4.98 Å². The lowest BCUT2D eigenvalue weighted by Gasteiger charge is -2.21. The normalized spacial score (nSPS) is 21.5. The molecule has 14 heavy (non-hydrogen) atoms. The molecule has 5 heteroatoms. The van der Waals surface area contributed by atoms with Crippen LogP contribution in [0.15, 0.2) is 17.0 Å². The Hall–Kier alpha value is -1.36. The number of nitrogens with two attached hydrogens (primary N) is 1. The van der Waals surface area contributed by atoms with E-state index < -0.39 is 0 Å². The summed E-state index contributed by atoms with van der Waals surface area (Å²) in [5, 5.41) is 0. The van der Waals surface area contributed by atoms with Crippen molar-refractivity contribution in [3.05, 3.63) is 18.4 Å². The van der Waals surface area contributed by atoms with Gasteiger partial charge in [0.05, 0.1) is 6.20 Å². The summed E-state index contributed by atoms with van der Waals surface area (Å²) < 4.78 is 4.96. The number of amides is 1. The predicted octanol–water partition coefficient (Wildman–Crippen LogP) is 0.238. The predicted molar refractivity (Wildman–Crippen MR) is 49.6 cm³/mol. The van der Waals surface area contributed by atoms with Crippen molar-refractivity contribution < 1.29 is 9.21 Å². The van der Waals surface area contributed by atoms with Crippen LogP contribution in [0.5, 0.6) is 0 Å². The summed E-state index contributed by atoms with van der Waals surface area (Å²) in [7, 11) is 0. The van der Waals surface area contributed by atoms with Crippen LogP contribution in [0.3, 0.4) is 0 Å². The van der Waals surface area contributed by atoms with E-state index in [4.69, 9.17) is 10.2 Å². The number of aromatic nitrogens is 1. The van der Waals surface area contributed by atoms with E-state index in [1.165, 1.54) is 12.6 Å². The maximum atomic E-state index is 11.8. The number of hydrogen-bond donors (Lipinski definition) is 1. The summed E-state index contributed by atoms with van der Waals surface area (Å²) in [6, 6.07) is 0.160. The minimum Gasteiger partial charge on any atom is -0.438 e. The first-order valence-corrected chi connectivity index (χ1v) is 4.72. The number of carbonyl (C=O) groups is 1. The second-order valence-corrected chi connectivity index (χ2v) is 3.40. The molecule has 0 aromatic carbocycles. The Morgan fingerprint density at radius 1 is 1.79 bits per heavy atom. The van der Waals surface area contributed by atoms with Gasteiger partial charge in [-0.15, -0.1) is 0 Å². The highest BCUT2D eigenvalue weighted by molar-refractivity contribution is 5.91. The fourth-order valence-electron chi connectivity index (χ4n) is 1.81. The number of likely N-dealkylation sites (tertiary alicyclic amines) is 1. The zero-order chi connectivity index (χ0) is 9.97. The Morgan fingerprint density at radius 2 is 2.64 bits per heavy atom. The lowest BCUT2D eigenvalue weighted by atomic mass is 10.2. The molecule has 2 rings (SSSR count). The van der Waals surface area contributed by atoms with Gasteiger partial charge in [0.25, 0.3) is 5.91 Å². The fourth-order valence-corrected chi connectivity index (χ4v) is 1.81. The first-order chi connectivity index (χ1) is 6.83. The molecule has 0 bridgehead atoms. The molecule has 1 aliphatic heterocycles. The molecule has 1 unspecified atom stereocenters. The molecule has 5 nitrogen and oxygen atoms in total. The fraction of sp³-hybridized carbons (Fsp3) is 0.556. The molecule has 1 saturated heterocycles. The van der Waals surface area contributed by atoms with Crippen molar-refractivity contribution in [2.45, 2.75) is 18.9 Å². The molecular formula is C9H13N3O2. The number of rotatable bonds is 2. The van der Waals surface area contributed by atoms with E-state index in [0.29, 0.717) is 12.3 Å². The molecule has 1 aliphatic rings. The van der Waals surface area contributed by atoms with Gasteiger partial charge < -0.3 is 15.1 Å². The van der Waals surface area contributed by atoms with Crippen LogP contribution in [0.4, 0.5) is 0 Å². The van der Waals surface area contributed by atoms with Crippen molar-refractivity contribution in [1.82, 2.24) is 9.88 Å². The Kier molecular flexibility index (Phi) is 2.49. The summed E-state index contributed by atoms with van der Waals surface area (Å²) in [5.41, 5.74) is 5.58. The number of carbonyl (C=O) groups excluding carboxylic acids is 1. The van der Waals surface area contributed by atoms with Gasteiger partial charge in [0, 0.05) is 19.1 Å². The SMILES string of the molecule is NCC1CCCN1C(=O)c1cnco1. The van der Waals surface area contributed by atoms with E-state index in [-0.39, 0.29) is 11.9 Å². The van der Waals surface area contributed by atoms with Crippen molar-refractivity contribution in [3.8, 4) is 0 Å². The van der Waals surface area contributed by atoms with Crippen LogP contribution in [-0.4, -0.2) is 34.9 Å². The van der Waals surface area contributed by atoms with Crippen LogP contribution in [-0.2, 0) is 0 Å². The number of oxazole rings is 1. The largest absolute Gasteiger partial charge is 0.438 e. The first-order valence-electron chi connectivity index (χ1n) is 4.72. The molecule has 1 atom stereocenters. The third-order valence-corrected chi connectivity index (χ3v) is 2.55. The summed E-state index contributed by atoms with van der Waals surface area (Å²) in [4.78, 5) is 17.3. The molecule has 0 spiro atoms. The highest BCUT2D eigenvalue weighted by atomic mass is 16.3. The van der Waals surface area contributed by atoms with Crippen LogP contribution in [0.25, 0.3) is 0 Å². The lowest BCUT2D eigenvalue weighted by Crippen LogP contribution is -2.39. The monoisotopic (exact) mass is 195 g/mol. The van der Waals surface area contributed by atoms with Gasteiger partial charge in [-0.3, -0.25) is 4.79 Å². The van der Waals surface area contributed by atoms with Crippen molar-refractivity contribution in [1.29, 1.82) is 0 Å². The second-order valence-electron chi connectivity index (χ2n) is 3.40. The average molecular weight is 195 g/mol. The third-order valence-electron chi connectivity index (χ3n) is 2.55. The summed E-state index contributed by atoms with van der Waals surface area (Å²) >= 11 is 0. The summed E-state index contributed by atoms with van der Waals surface area (Å²) in [6.45, 7) is 1.28. The number of nitrogens with zero attached hydrogens (tertiary/aromatic N) is 2. The van der Waals surface area contributed by atoms with Crippen LogP contribution in [0, 0.1) is 0 Å². The maximum absolute atomic E-state index is 11.8. The molecule has 0 radical (unpaired) electrons. The van der Waals surface area contributed by atoms with Gasteiger partial charge in [-0.1, -0.05) is 0 Å². The minimum absolute atomic E-state index is 0.101. The highest BCUT2D eigenvalue weighted by Gasteiger charge is 2.29. The second kappa shape index (κ2) is 3.79. The van der Waals surface area contributed by atoms with E-state index in [0.717, 1.165) is 19.4 Å². The van der Waals surface area contributed by atoms with Crippen LogP contribution < -0.4 is 5.73 Å². The molecule has 0 saturated carbocycles. The van der Waals surface area contributed by atoms with Crippen LogP contribution in [0.1, 0.15) is 23.4 Å². The van der Waals surface area contributed by atoms with E-state index in [1.807, 2.05) is 0 Å². The molecule has 1 amide bonds. The van der Waals surface area contributed by atoms with Gasteiger partial charge in [0.2, 0.25) is 5.76 Å². The van der Waals surface area contributed by atoms with Gasteiger partial charge in [-0.2, -0.15) is 0 Å². The Morgan fingerprint density at radius 3 is 3.29 bits per heavy atom. The lowest BCUT2D eigenvalue weighted by molar-refractivity contribution is 0.0709. The van der Waals surface area contributed by atoms with Crippen LogP contribution >= 0.6 is 0 Å². The zero-order valence-corrected chi connectivity index (χ0v) is 7.85. The minimum atomic E-state index is -0.101. The molecule has 76 valence electrons. The van der Waals surface area contributed by atoms with E-state index in [1.54, 1.807) is 4.90 Å². The Labute approximate surface area is 81.9 Å². The Bertz CT molecular complexity index is 310. The topological polar surface area (TPSA) is 72.4 Å². The molecule has 1 aromatic heterocycles. The summed E-state index contributed by atoms with van der Waals surface area (Å²) in [6.07, 6.45) is 4.70. The highest BCUT2D eigenvalue weighted by Crippen LogP contribution is 2.18. The average Bonchev–Trinajstić information content (AvgIpc) is 2.87. The Balaban J connectivity index is 2.11. The third kappa shape index (κ3) is 1.50. The number of hydrogen-bond acceptors (Lipinski definition) is 4. The van der Waals surface area contributed by atoms with Crippen molar-refractivity contribution >= 4 is 5.91 Å². The zero-order valence-electron chi connectivity index (χ0n) is 7.85. The van der Waals surface area contributed by atoms with Gasteiger partial charge in [0.1, 0.15) is 0 Å². The van der Waals surface area contributed by atoms with E-state index >= 15 is 0 Å². The van der Waals surface area contributed by atoms with Crippen molar-refractivity contribution in [2.75, 3.05) is 13.1 Å². The smallest absolute Gasteiger partial charge is 0.291 e. The first kappa shape index (κ1) is 9.21. The van der Waals surface area contributed by atoms with Gasteiger partial charge >= 0.3 is 0 Å². The van der Waals surface area contributed by atoms with Crippen molar-refractivity contribution in [3.63, 3.8) is 0 Å². The maximum Gasteiger partial charge on any atom is 0.291 e. The van der Waals surface area contributed by atoms with Crippen LogP contribution in [0.2, 0.25) is 0 Å². The molecule has 2 N–H and O–H groups in total. The standard InChI is InChI=1S/C9H13N3O2/c10-4-7-2-1-3-12(7)9(13)8-5-11-6-14-8/h5-7H,1-4,10H2. The van der Waals surface area contributed by atoms with E-state index in [2.05, 4.69) is 4.98 Å². The van der Waals surface area contributed by atoms with Gasteiger partial charge in [-0.05, 0) is 12.8 Å². The van der Waals surface area contributed by atoms with Gasteiger partial charge in [0.15, 0.2) is 6.39 Å². The molecule has 1 aromatic rings. The quantitative estimate of drug-likeness (QED) is 0.733. The van der Waals surface area contributed by atoms with Crippen molar-refractivity contribution in [2.24, 2.45) is 5.73 Å². The molecule has 0 aliphatic carbocycles. The molecular weight excluding hydrogens is 182 g/mol. The van der Waals surface area contributed by atoms with E-state index in [9.17, 15) is 4.79 Å². The molecule has 1 fully saturated rings.